The smallest absolute Gasteiger partial charge is 0.288 e. The lowest BCUT2D eigenvalue weighted by Gasteiger charge is -2.27. The number of fused-ring (bicyclic) bond motifs is 2. The molecule has 0 saturated heterocycles. The van der Waals surface area contributed by atoms with Crippen LogP contribution in [0.4, 0.5) is 11.6 Å². The van der Waals surface area contributed by atoms with Crippen LogP contribution in [0.15, 0.2) is 57.8 Å². The minimum atomic E-state index is -0.430. The molecular weight excluding hydrogens is 438 g/mol. The Labute approximate surface area is 172 Å². The molecule has 0 spiro atoms. The predicted octanol–water partition coefficient (Wildman–Crippen LogP) is 2.89. The fraction of sp³-hybridized carbons (Fsp3) is 0.105. The van der Waals surface area contributed by atoms with E-state index in [1.165, 1.54) is 0 Å². The molecule has 5 rings (SSSR count). The molecule has 0 saturated carbocycles. The molecule has 0 fully saturated rings. The van der Waals surface area contributed by atoms with Crippen LogP contribution < -0.4 is 15.6 Å². The number of tetrazole rings is 1. The topological polar surface area (TPSA) is 111 Å². The lowest BCUT2D eigenvalue weighted by Crippen LogP contribution is -2.29. The number of halogens is 1. The van der Waals surface area contributed by atoms with E-state index in [1.807, 2.05) is 48.5 Å². The fourth-order valence-corrected chi connectivity index (χ4v) is 3.91. The molecule has 2 aromatic carbocycles. The summed E-state index contributed by atoms with van der Waals surface area (Å²) in [5.74, 6) is 1.12. The Morgan fingerprint density at radius 2 is 2.00 bits per heavy atom. The third-order valence-electron chi connectivity index (χ3n) is 4.80. The van der Waals surface area contributed by atoms with E-state index in [-0.39, 0.29) is 5.56 Å². The monoisotopic (exact) mass is 451 g/mol. The van der Waals surface area contributed by atoms with E-state index in [0.717, 1.165) is 21.3 Å². The number of H-pyrrole nitrogens is 1. The van der Waals surface area contributed by atoms with Gasteiger partial charge in [-0.1, -0.05) is 33.2 Å². The molecule has 1 atom stereocenters. The lowest BCUT2D eigenvalue weighted by molar-refractivity contribution is 0.415. The molecule has 0 radical (unpaired) electrons. The molecule has 144 valence electrons. The summed E-state index contributed by atoms with van der Waals surface area (Å²) in [5, 5.41) is 21.9. The number of rotatable bonds is 3. The zero-order valence-electron chi connectivity index (χ0n) is 15.1. The van der Waals surface area contributed by atoms with Crippen LogP contribution in [-0.4, -0.2) is 37.5 Å². The van der Waals surface area contributed by atoms with Crippen molar-refractivity contribution >= 4 is 27.6 Å². The van der Waals surface area contributed by atoms with Gasteiger partial charge in [-0.25, -0.2) is 5.10 Å². The number of nitrogens with zero attached hydrogens (tertiary/aromatic N) is 5. The van der Waals surface area contributed by atoms with Crippen molar-refractivity contribution in [3.05, 3.63) is 74.5 Å². The Bertz CT molecular complexity index is 1270. The van der Waals surface area contributed by atoms with Crippen molar-refractivity contribution in [3.63, 3.8) is 0 Å². The maximum atomic E-state index is 12.6. The Morgan fingerprint density at radius 1 is 1.17 bits per heavy atom. The summed E-state index contributed by atoms with van der Waals surface area (Å²) in [4.78, 5) is 12.6. The number of anilines is 2. The Hall–Kier alpha value is -3.53. The Balaban J connectivity index is 1.79. The van der Waals surface area contributed by atoms with E-state index in [2.05, 4.69) is 47.0 Å². The summed E-state index contributed by atoms with van der Waals surface area (Å²) >= 11 is 3.52. The zero-order valence-corrected chi connectivity index (χ0v) is 16.7. The van der Waals surface area contributed by atoms with Gasteiger partial charge < -0.3 is 10.1 Å². The van der Waals surface area contributed by atoms with Gasteiger partial charge in [0, 0.05) is 15.6 Å². The molecule has 2 N–H and O–H groups in total. The van der Waals surface area contributed by atoms with Crippen LogP contribution in [0.1, 0.15) is 17.2 Å². The normalized spacial score (nSPS) is 14.6. The first-order valence-corrected chi connectivity index (χ1v) is 9.52. The number of benzene rings is 2. The van der Waals surface area contributed by atoms with Gasteiger partial charge in [-0.05, 0) is 52.4 Å². The molecule has 4 aromatic rings. The van der Waals surface area contributed by atoms with Crippen LogP contribution in [-0.2, 0) is 0 Å². The number of hydrogen-bond acceptors (Lipinski definition) is 7. The molecular formula is C19H14BrN7O2. The third kappa shape index (κ3) is 2.88. The largest absolute Gasteiger partial charge is 0.497 e. The number of aromatic amines is 1. The highest BCUT2D eigenvalue weighted by molar-refractivity contribution is 9.10. The van der Waals surface area contributed by atoms with Crippen molar-refractivity contribution in [2.75, 3.05) is 12.4 Å². The van der Waals surface area contributed by atoms with Crippen molar-refractivity contribution in [2.24, 2.45) is 0 Å². The van der Waals surface area contributed by atoms with Gasteiger partial charge in [-0.15, -0.1) is 0 Å². The minimum absolute atomic E-state index is 0.341. The van der Waals surface area contributed by atoms with Crippen molar-refractivity contribution < 1.29 is 4.74 Å². The molecule has 0 bridgehead atoms. The van der Waals surface area contributed by atoms with E-state index in [1.54, 1.807) is 11.8 Å². The number of hydrogen-bond donors (Lipinski definition) is 2. The maximum absolute atomic E-state index is 12.6. The first-order valence-electron chi connectivity index (χ1n) is 8.73. The molecule has 1 aliphatic rings. The van der Waals surface area contributed by atoms with E-state index < -0.39 is 6.04 Å². The van der Waals surface area contributed by atoms with Gasteiger partial charge in [0.25, 0.3) is 5.56 Å². The zero-order chi connectivity index (χ0) is 20.0. The molecule has 1 aliphatic heterocycles. The second-order valence-electron chi connectivity index (χ2n) is 6.45. The van der Waals surface area contributed by atoms with Gasteiger partial charge in [-0.2, -0.15) is 9.78 Å². The van der Waals surface area contributed by atoms with Gasteiger partial charge >= 0.3 is 0 Å². The SMILES string of the molecule is COc1ccc(-c2n[nH]c(=O)c3c2[C@H](c2cccc(Br)c2)n2nnnc2N3)cc1. The molecule has 29 heavy (non-hydrogen) atoms. The summed E-state index contributed by atoms with van der Waals surface area (Å²) in [6.07, 6.45) is 0. The van der Waals surface area contributed by atoms with Gasteiger partial charge in [0.05, 0.1) is 12.8 Å². The number of aromatic nitrogens is 6. The van der Waals surface area contributed by atoms with Crippen LogP contribution >= 0.6 is 15.9 Å². The van der Waals surface area contributed by atoms with Crippen molar-refractivity contribution in [2.45, 2.75) is 6.04 Å². The standard InChI is InChI=1S/C19H14BrN7O2/c1-29-13-7-5-10(6-8-13)15-14-16(18(28)23-22-15)21-19-24-25-26-27(19)17(14)11-3-2-4-12(20)9-11/h2-9,17H,1H3,(H,23,28)(H,21,24,26)/t17-/m0/s1. The maximum Gasteiger partial charge on any atom is 0.288 e. The first-order chi connectivity index (χ1) is 14.2. The first kappa shape index (κ1) is 17.6. The molecule has 10 heteroatoms. The van der Waals surface area contributed by atoms with Crippen molar-refractivity contribution in [1.82, 2.24) is 30.4 Å². The van der Waals surface area contributed by atoms with Crippen LogP contribution in [0.5, 0.6) is 5.75 Å². The minimum Gasteiger partial charge on any atom is -0.497 e. The van der Waals surface area contributed by atoms with Crippen LogP contribution in [0, 0.1) is 0 Å². The van der Waals surface area contributed by atoms with E-state index in [0.29, 0.717) is 22.9 Å². The van der Waals surface area contributed by atoms with Crippen LogP contribution in [0.25, 0.3) is 11.3 Å². The second-order valence-corrected chi connectivity index (χ2v) is 7.36. The quantitative estimate of drug-likeness (QED) is 0.433. The molecule has 0 aliphatic carbocycles. The van der Waals surface area contributed by atoms with Gasteiger partial charge in [-0.3, -0.25) is 4.79 Å². The predicted molar refractivity (Wildman–Crippen MR) is 109 cm³/mol. The Morgan fingerprint density at radius 3 is 2.76 bits per heavy atom. The highest BCUT2D eigenvalue weighted by Crippen LogP contribution is 2.41. The van der Waals surface area contributed by atoms with Gasteiger partial charge in [0.2, 0.25) is 5.95 Å². The van der Waals surface area contributed by atoms with Crippen molar-refractivity contribution in [3.8, 4) is 17.0 Å². The second kappa shape index (κ2) is 6.82. The van der Waals surface area contributed by atoms with Crippen LogP contribution in [0.2, 0.25) is 0 Å². The summed E-state index contributed by atoms with van der Waals surface area (Å²) in [6, 6.07) is 14.9. The number of methoxy groups -OCH3 is 1. The average Bonchev–Trinajstić information content (AvgIpc) is 3.21. The van der Waals surface area contributed by atoms with Crippen LogP contribution in [0.3, 0.4) is 0 Å². The number of nitrogens with one attached hydrogen (secondary N) is 2. The van der Waals surface area contributed by atoms with Gasteiger partial charge in [0.15, 0.2) is 0 Å². The molecule has 0 amide bonds. The Kier molecular flexibility index (Phi) is 4.13. The highest BCUT2D eigenvalue weighted by Gasteiger charge is 2.34. The fourth-order valence-electron chi connectivity index (χ4n) is 3.49. The lowest BCUT2D eigenvalue weighted by atomic mass is 9.92. The van der Waals surface area contributed by atoms with E-state index in [4.69, 9.17) is 4.74 Å². The van der Waals surface area contributed by atoms with E-state index in [9.17, 15) is 4.79 Å². The molecule has 2 aromatic heterocycles. The molecule has 9 nitrogen and oxygen atoms in total. The molecule has 0 unspecified atom stereocenters. The van der Waals surface area contributed by atoms with Gasteiger partial charge in [0.1, 0.15) is 17.5 Å². The highest BCUT2D eigenvalue weighted by atomic mass is 79.9. The molecule has 3 heterocycles. The summed E-state index contributed by atoms with van der Waals surface area (Å²) in [5.41, 5.74) is 3.09. The van der Waals surface area contributed by atoms with E-state index >= 15 is 0 Å². The summed E-state index contributed by atoms with van der Waals surface area (Å²) in [7, 11) is 1.61. The number of ether oxygens (including phenoxy) is 1. The average molecular weight is 452 g/mol. The summed E-state index contributed by atoms with van der Waals surface area (Å²) < 4.78 is 7.81. The third-order valence-corrected chi connectivity index (χ3v) is 5.29. The van der Waals surface area contributed by atoms with Crippen molar-refractivity contribution in [1.29, 1.82) is 0 Å². The summed E-state index contributed by atoms with van der Waals surface area (Å²) in [6.45, 7) is 0.